The fourth-order valence-corrected chi connectivity index (χ4v) is 3.47. The predicted octanol–water partition coefficient (Wildman–Crippen LogP) is 2.50. The molecule has 0 saturated carbocycles. The average Bonchev–Trinajstić information content (AvgIpc) is 3.06. The van der Waals surface area contributed by atoms with Crippen molar-refractivity contribution >= 4 is 34.1 Å². The quantitative estimate of drug-likeness (QED) is 0.749. The number of primary amides is 1. The molecule has 140 valence electrons. The number of hydrogen-bond acceptors (Lipinski definition) is 6. The van der Waals surface area contributed by atoms with E-state index in [1.54, 1.807) is 38.6 Å². The van der Waals surface area contributed by atoms with Crippen molar-refractivity contribution in [2.24, 2.45) is 5.73 Å². The molecule has 0 aliphatic heterocycles. The summed E-state index contributed by atoms with van der Waals surface area (Å²) in [5.41, 5.74) is 6.88. The second kappa shape index (κ2) is 7.69. The average molecular weight is 378 g/mol. The first-order chi connectivity index (χ1) is 12.1. The highest BCUT2D eigenvalue weighted by Gasteiger charge is 2.27. The Morgan fingerprint density at radius 2 is 2.00 bits per heavy atom. The Kier molecular flexibility index (Phi) is 5.81. The molecule has 0 bridgehead atoms. The number of carbonyl (C=O) groups is 3. The topological polar surface area (TPSA) is 116 Å². The summed E-state index contributed by atoms with van der Waals surface area (Å²) in [6, 6.07) is 0. The molecule has 8 nitrogen and oxygen atoms in total. The smallest absolute Gasteiger partial charge is 0.341 e. The molecule has 0 fully saturated rings. The molecule has 2 amide bonds. The highest BCUT2D eigenvalue weighted by Crippen LogP contribution is 2.34. The summed E-state index contributed by atoms with van der Waals surface area (Å²) >= 11 is 0.957. The standard InChI is InChI=1S/C17H22N4O4S/c1-6-21-7-11(10(5)20-21)15(23)19-16-12(17(24)25-8(2)3)9(4)13(26-16)14(18)22/h7-8H,6H2,1-5H3,(H2,18,22)(H,19,23). The Labute approximate surface area is 155 Å². The van der Waals surface area contributed by atoms with E-state index in [1.807, 2.05) is 6.92 Å². The monoisotopic (exact) mass is 378 g/mol. The van der Waals surface area contributed by atoms with E-state index in [-0.39, 0.29) is 21.5 Å². The minimum absolute atomic E-state index is 0.145. The number of carbonyl (C=O) groups excluding carboxylic acids is 3. The van der Waals surface area contributed by atoms with E-state index in [0.717, 1.165) is 11.3 Å². The lowest BCUT2D eigenvalue weighted by Gasteiger charge is -2.10. The van der Waals surface area contributed by atoms with Gasteiger partial charge in [-0.2, -0.15) is 5.10 Å². The van der Waals surface area contributed by atoms with Gasteiger partial charge < -0.3 is 15.8 Å². The lowest BCUT2D eigenvalue weighted by Crippen LogP contribution is -2.17. The second-order valence-electron chi connectivity index (χ2n) is 6.02. The zero-order chi connectivity index (χ0) is 19.6. The van der Waals surface area contributed by atoms with Crippen molar-refractivity contribution in [3.63, 3.8) is 0 Å². The minimum atomic E-state index is -0.665. The number of anilines is 1. The number of hydrogen-bond donors (Lipinski definition) is 2. The normalized spacial score (nSPS) is 10.8. The summed E-state index contributed by atoms with van der Waals surface area (Å²) < 4.78 is 6.88. The third-order valence-corrected chi connectivity index (χ3v) is 4.88. The first-order valence-corrected chi connectivity index (χ1v) is 8.96. The van der Waals surface area contributed by atoms with E-state index in [9.17, 15) is 14.4 Å². The van der Waals surface area contributed by atoms with Crippen LogP contribution in [-0.4, -0.2) is 33.7 Å². The number of rotatable bonds is 6. The number of nitrogens with one attached hydrogen (secondary N) is 1. The Morgan fingerprint density at radius 1 is 1.35 bits per heavy atom. The number of esters is 1. The third-order valence-electron chi connectivity index (χ3n) is 3.66. The van der Waals surface area contributed by atoms with Crippen LogP contribution >= 0.6 is 11.3 Å². The maximum absolute atomic E-state index is 12.6. The maximum Gasteiger partial charge on any atom is 0.341 e. The van der Waals surface area contributed by atoms with Crippen molar-refractivity contribution in [3.8, 4) is 0 Å². The highest BCUT2D eigenvalue weighted by atomic mass is 32.1. The van der Waals surface area contributed by atoms with Crippen molar-refractivity contribution < 1.29 is 19.1 Å². The summed E-state index contributed by atoms with van der Waals surface area (Å²) in [6.45, 7) is 9.30. The molecule has 9 heteroatoms. The Balaban J connectivity index is 2.42. The van der Waals surface area contributed by atoms with E-state index >= 15 is 0 Å². The second-order valence-corrected chi connectivity index (χ2v) is 7.04. The van der Waals surface area contributed by atoms with Gasteiger partial charge in [-0.05, 0) is 40.2 Å². The van der Waals surface area contributed by atoms with E-state index in [0.29, 0.717) is 23.4 Å². The number of aryl methyl sites for hydroxylation is 2. The Morgan fingerprint density at radius 3 is 2.50 bits per heavy atom. The summed E-state index contributed by atoms with van der Waals surface area (Å²) in [6.07, 6.45) is 1.29. The highest BCUT2D eigenvalue weighted by molar-refractivity contribution is 7.18. The molecule has 26 heavy (non-hydrogen) atoms. The van der Waals surface area contributed by atoms with Crippen molar-refractivity contribution in [2.45, 2.75) is 47.3 Å². The van der Waals surface area contributed by atoms with Crippen LogP contribution in [0.25, 0.3) is 0 Å². The van der Waals surface area contributed by atoms with Gasteiger partial charge >= 0.3 is 5.97 Å². The molecule has 0 saturated heterocycles. The van der Waals surface area contributed by atoms with Crippen LogP contribution in [0.4, 0.5) is 5.00 Å². The molecule has 0 spiro atoms. The van der Waals surface area contributed by atoms with Crippen molar-refractivity contribution in [3.05, 3.63) is 33.5 Å². The van der Waals surface area contributed by atoms with Crippen LogP contribution in [0.1, 0.15) is 62.4 Å². The first kappa shape index (κ1) is 19.6. The van der Waals surface area contributed by atoms with E-state index < -0.39 is 17.8 Å². The third kappa shape index (κ3) is 3.93. The number of nitrogens with two attached hydrogens (primary N) is 1. The van der Waals surface area contributed by atoms with Gasteiger partial charge in [0.2, 0.25) is 0 Å². The lowest BCUT2D eigenvalue weighted by molar-refractivity contribution is 0.0379. The van der Waals surface area contributed by atoms with Crippen LogP contribution in [-0.2, 0) is 11.3 Å². The van der Waals surface area contributed by atoms with Gasteiger partial charge in [0.25, 0.3) is 11.8 Å². The molecule has 0 unspecified atom stereocenters. The number of thiophene rings is 1. The van der Waals surface area contributed by atoms with Crippen LogP contribution in [0.2, 0.25) is 0 Å². The van der Waals surface area contributed by atoms with Crippen LogP contribution in [0.5, 0.6) is 0 Å². The zero-order valence-electron chi connectivity index (χ0n) is 15.4. The minimum Gasteiger partial charge on any atom is -0.459 e. The van der Waals surface area contributed by atoms with Crippen molar-refractivity contribution in [1.82, 2.24) is 9.78 Å². The number of nitrogens with zero attached hydrogens (tertiary/aromatic N) is 2. The van der Waals surface area contributed by atoms with Gasteiger partial charge in [-0.1, -0.05) is 0 Å². The van der Waals surface area contributed by atoms with Gasteiger partial charge in [-0.3, -0.25) is 14.3 Å². The largest absolute Gasteiger partial charge is 0.459 e. The van der Waals surface area contributed by atoms with Gasteiger partial charge in [0.1, 0.15) is 5.00 Å². The van der Waals surface area contributed by atoms with Crippen LogP contribution in [0, 0.1) is 13.8 Å². The van der Waals surface area contributed by atoms with Gasteiger partial charge in [0, 0.05) is 12.7 Å². The van der Waals surface area contributed by atoms with Crippen LogP contribution in [0.3, 0.4) is 0 Å². The SMILES string of the molecule is CCn1cc(C(=O)Nc2sc(C(N)=O)c(C)c2C(=O)OC(C)C)c(C)n1. The number of amides is 2. The fourth-order valence-electron chi connectivity index (χ4n) is 2.43. The molecular weight excluding hydrogens is 356 g/mol. The van der Waals surface area contributed by atoms with Crippen molar-refractivity contribution in [1.29, 1.82) is 0 Å². The predicted molar refractivity (Wildman–Crippen MR) is 98.7 cm³/mol. The summed E-state index contributed by atoms with van der Waals surface area (Å²) in [5, 5.41) is 7.16. The summed E-state index contributed by atoms with van der Waals surface area (Å²) in [4.78, 5) is 36.9. The molecular formula is C17H22N4O4S. The van der Waals surface area contributed by atoms with E-state index in [4.69, 9.17) is 10.5 Å². The van der Waals surface area contributed by atoms with Crippen LogP contribution < -0.4 is 11.1 Å². The fraction of sp³-hybridized carbons (Fsp3) is 0.412. The lowest BCUT2D eigenvalue weighted by atomic mass is 10.1. The van der Waals surface area contributed by atoms with Gasteiger partial charge in [-0.25, -0.2) is 4.79 Å². The Hall–Kier alpha value is -2.68. The molecule has 2 aromatic rings. The maximum atomic E-state index is 12.6. The van der Waals surface area contributed by atoms with E-state index in [2.05, 4.69) is 10.4 Å². The van der Waals surface area contributed by atoms with Gasteiger partial charge in [0.05, 0.1) is 27.8 Å². The Bertz CT molecular complexity index is 866. The molecule has 0 aromatic carbocycles. The van der Waals surface area contributed by atoms with E-state index in [1.165, 1.54) is 0 Å². The molecule has 0 aliphatic rings. The number of aromatic nitrogens is 2. The first-order valence-electron chi connectivity index (χ1n) is 8.15. The van der Waals surface area contributed by atoms with Crippen LogP contribution in [0.15, 0.2) is 6.20 Å². The molecule has 0 aliphatic carbocycles. The van der Waals surface area contributed by atoms with Gasteiger partial charge in [0.15, 0.2) is 0 Å². The summed E-state index contributed by atoms with van der Waals surface area (Å²) in [7, 11) is 0. The summed E-state index contributed by atoms with van der Waals surface area (Å²) in [5.74, 6) is -1.70. The molecule has 0 radical (unpaired) electrons. The van der Waals surface area contributed by atoms with Gasteiger partial charge in [-0.15, -0.1) is 11.3 Å². The molecule has 2 rings (SSSR count). The number of ether oxygens (including phenoxy) is 1. The molecule has 0 atom stereocenters. The zero-order valence-corrected chi connectivity index (χ0v) is 16.2. The molecule has 2 heterocycles. The van der Waals surface area contributed by atoms with Crippen molar-refractivity contribution in [2.75, 3.05) is 5.32 Å². The molecule has 3 N–H and O–H groups in total. The molecule has 2 aromatic heterocycles.